The van der Waals surface area contributed by atoms with Crippen molar-refractivity contribution in [3.63, 3.8) is 0 Å². The van der Waals surface area contributed by atoms with Crippen molar-refractivity contribution < 1.29 is 4.79 Å². The Labute approximate surface area is 120 Å². The number of hydrogen-bond acceptors (Lipinski definition) is 4. The lowest BCUT2D eigenvalue weighted by molar-refractivity contribution is -0.121. The van der Waals surface area contributed by atoms with Crippen LogP contribution in [0.5, 0.6) is 0 Å². The molecule has 0 saturated carbocycles. The average Bonchev–Trinajstić information content (AvgIpc) is 2.84. The minimum absolute atomic E-state index is 0.195. The number of aryl methyl sites for hydroxylation is 2. The molecule has 0 radical (unpaired) electrons. The Bertz CT molecular complexity index is 728. The molecule has 0 bridgehead atoms. The Morgan fingerprint density at radius 1 is 1.38 bits per heavy atom. The van der Waals surface area contributed by atoms with E-state index >= 15 is 0 Å². The molecule has 2 aromatic heterocycles. The van der Waals surface area contributed by atoms with Crippen LogP contribution >= 0.6 is 0 Å². The molecule has 0 fully saturated rings. The molecule has 3 N–H and O–H groups in total. The molecule has 2 heterocycles. The fraction of sp³-hybridized carbons (Fsp3) is 0.385. The van der Waals surface area contributed by atoms with Gasteiger partial charge in [0.15, 0.2) is 0 Å². The first kappa shape index (κ1) is 14.8. The van der Waals surface area contributed by atoms with Gasteiger partial charge >= 0.3 is 0 Å². The molecule has 8 heteroatoms. The summed E-state index contributed by atoms with van der Waals surface area (Å²) in [6, 6.07) is 2.26. The summed E-state index contributed by atoms with van der Waals surface area (Å²) in [6.07, 6.45) is 3.35. The van der Waals surface area contributed by atoms with Gasteiger partial charge in [0, 0.05) is 24.4 Å². The monoisotopic (exact) mass is 291 g/mol. The van der Waals surface area contributed by atoms with Crippen LogP contribution in [0.2, 0.25) is 0 Å². The zero-order chi connectivity index (χ0) is 15.2. The van der Waals surface area contributed by atoms with Crippen LogP contribution in [0.15, 0.2) is 27.9 Å². The topological polar surface area (TPSA) is 113 Å². The highest BCUT2D eigenvalue weighted by Crippen LogP contribution is 2.04. The van der Waals surface area contributed by atoms with Gasteiger partial charge in [-0.2, -0.15) is 5.10 Å². The van der Waals surface area contributed by atoms with Crippen LogP contribution in [0.4, 0.5) is 0 Å². The minimum Gasteiger partial charge on any atom is -0.354 e. The number of amides is 1. The Kier molecular flexibility index (Phi) is 4.70. The standard InChI is InChI=1S/C13H17N5O3/c1-9-10(7-15-16-9)3-2-6-14-12(20)8-18-13(21)5-4-11(19)17-18/h4-5,7H,2-3,6,8H2,1H3,(H,14,20)(H,15,16)(H,17,19). The second kappa shape index (κ2) is 6.69. The van der Waals surface area contributed by atoms with Crippen LogP contribution in [-0.4, -0.2) is 32.4 Å². The van der Waals surface area contributed by atoms with E-state index in [-0.39, 0.29) is 12.5 Å². The third-order valence-electron chi connectivity index (χ3n) is 3.07. The van der Waals surface area contributed by atoms with Gasteiger partial charge in [-0.15, -0.1) is 0 Å². The van der Waals surface area contributed by atoms with E-state index < -0.39 is 11.1 Å². The summed E-state index contributed by atoms with van der Waals surface area (Å²) in [5.74, 6) is -0.317. The Balaban J connectivity index is 1.77. The molecule has 0 saturated heterocycles. The first-order valence-electron chi connectivity index (χ1n) is 6.62. The maximum atomic E-state index is 11.7. The predicted molar refractivity (Wildman–Crippen MR) is 76.0 cm³/mol. The lowest BCUT2D eigenvalue weighted by atomic mass is 10.1. The maximum Gasteiger partial charge on any atom is 0.265 e. The van der Waals surface area contributed by atoms with Gasteiger partial charge in [-0.3, -0.25) is 24.6 Å². The van der Waals surface area contributed by atoms with Crippen molar-refractivity contribution >= 4 is 5.91 Å². The molecule has 21 heavy (non-hydrogen) atoms. The molecule has 0 aliphatic rings. The lowest BCUT2D eigenvalue weighted by Gasteiger charge is -2.06. The number of H-pyrrole nitrogens is 2. The minimum atomic E-state index is -0.419. The van der Waals surface area contributed by atoms with E-state index in [1.807, 2.05) is 6.92 Å². The van der Waals surface area contributed by atoms with Gasteiger partial charge in [-0.05, 0) is 25.3 Å². The first-order chi connectivity index (χ1) is 10.1. The molecule has 112 valence electrons. The molecule has 2 rings (SSSR count). The number of nitrogens with one attached hydrogen (secondary N) is 3. The van der Waals surface area contributed by atoms with Crippen molar-refractivity contribution in [1.82, 2.24) is 25.3 Å². The van der Waals surface area contributed by atoms with Crippen molar-refractivity contribution in [3.05, 3.63) is 50.3 Å². The third-order valence-corrected chi connectivity index (χ3v) is 3.07. The summed E-state index contributed by atoms with van der Waals surface area (Å²) in [5.41, 5.74) is 1.30. The number of nitrogens with zero attached hydrogens (tertiary/aromatic N) is 2. The van der Waals surface area contributed by atoms with Gasteiger partial charge < -0.3 is 5.32 Å². The molecule has 0 spiro atoms. The van der Waals surface area contributed by atoms with E-state index in [9.17, 15) is 14.4 Å². The van der Waals surface area contributed by atoms with E-state index in [0.717, 1.165) is 40.9 Å². The van der Waals surface area contributed by atoms with Crippen LogP contribution in [0, 0.1) is 6.92 Å². The second-order valence-electron chi connectivity index (χ2n) is 4.71. The van der Waals surface area contributed by atoms with E-state index in [1.165, 1.54) is 0 Å². The van der Waals surface area contributed by atoms with Gasteiger partial charge in [0.05, 0.1) is 6.20 Å². The highest BCUT2D eigenvalue weighted by atomic mass is 16.2. The number of carbonyl (C=O) groups excluding carboxylic acids is 1. The van der Waals surface area contributed by atoms with E-state index in [4.69, 9.17) is 0 Å². The fourth-order valence-corrected chi connectivity index (χ4v) is 1.91. The highest BCUT2D eigenvalue weighted by Gasteiger charge is 2.05. The molecule has 0 aliphatic heterocycles. The van der Waals surface area contributed by atoms with Crippen LogP contribution < -0.4 is 16.4 Å². The van der Waals surface area contributed by atoms with Crippen molar-refractivity contribution in [2.45, 2.75) is 26.3 Å². The van der Waals surface area contributed by atoms with E-state index in [2.05, 4.69) is 20.6 Å². The van der Waals surface area contributed by atoms with Crippen LogP contribution in [0.25, 0.3) is 0 Å². The van der Waals surface area contributed by atoms with Gasteiger partial charge in [-0.25, -0.2) is 4.68 Å². The molecular formula is C13H17N5O3. The van der Waals surface area contributed by atoms with Crippen molar-refractivity contribution in [2.75, 3.05) is 6.54 Å². The normalized spacial score (nSPS) is 10.5. The zero-order valence-electron chi connectivity index (χ0n) is 11.7. The quantitative estimate of drug-likeness (QED) is 0.612. The summed E-state index contributed by atoms with van der Waals surface area (Å²) in [5, 5.41) is 11.8. The number of aromatic amines is 2. The van der Waals surface area contributed by atoms with Crippen LogP contribution in [0.1, 0.15) is 17.7 Å². The Hall–Kier alpha value is -2.64. The van der Waals surface area contributed by atoms with E-state index in [1.54, 1.807) is 6.20 Å². The second-order valence-corrected chi connectivity index (χ2v) is 4.71. The summed E-state index contributed by atoms with van der Waals surface area (Å²) in [7, 11) is 0. The van der Waals surface area contributed by atoms with Crippen molar-refractivity contribution in [2.24, 2.45) is 0 Å². The Morgan fingerprint density at radius 2 is 2.19 bits per heavy atom. The summed E-state index contributed by atoms with van der Waals surface area (Å²) >= 11 is 0. The summed E-state index contributed by atoms with van der Waals surface area (Å²) < 4.78 is 0.984. The third kappa shape index (κ3) is 4.16. The predicted octanol–water partition coefficient (Wildman–Crippen LogP) is -0.683. The molecule has 0 aromatic carbocycles. The van der Waals surface area contributed by atoms with Crippen LogP contribution in [0.3, 0.4) is 0 Å². The molecule has 8 nitrogen and oxygen atoms in total. The number of hydrogen-bond donors (Lipinski definition) is 3. The van der Waals surface area contributed by atoms with Crippen LogP contribution in [-0.2, 0) is 17.8 Å². The SMILES string of the molecule is Cc1[nH]ncc1CCCNC(=O)Cn1[nH]c(=O)ccc1=O. The number of carbonyl (C=O) groups is 1. The van der Waals surface area contributed by atoms with Gasteiger partial charge in [-0.1, -0.05) is 0 Å². The van der Waals surface area contributed by atoms with Gasteiger partial charge in [0.2, 0.25) is 5.91 Å². The maximum absolute atomic E-state index is 11.7. The van der Waals surface area contributed by atoms with Crippen molar-refractivity contribution in [3.8, 4) is 0 Å². The largest absolute Gasteiger partial charge is 0.354 e. The van der Waals surface area contributed by atoms with Gasteiger partial charge in [0.25, 0.3) is 11.1 Å². The molecule has 2 aromatic rings. The van der Waals surface area contributed by atoms with Crippen molar-refractivity contribution in [1.29, 1.82) is 0 Å². The zero-order valence-corrected chi connectivity index (χ0v) is 11.7. The summed E-state index contributed by atoms with van der Waals surface area (Å²) in [6.45, 7) is 2.24. The molecule has 0 unspecified atom stereocenters. The molecular weight excluding hydrogens is 274 g/mol. The van der Waals surface area contributed by atoms with E-state index in [0.29, 0.717) is 6.54 Å². The first-order valence-corrected chi connectivity index (χ1v) is 6.62. The van der Waals surface area contributed by atoms with Gasteiger partial charge in [0.1, 0.15) is 6.54 Å². The lowest BCUT2D eigenvalue weighted by Crippen LogP contribution is -2.36. The number of rotatable bonds is 6. The average molecular weight is 291 g/mol. The molecule has 0 aliphatic carbocycles. The Morgan fingerprint density at radius 3 is 2.90 bits per heavy atom. The summed E-state index contributed by atoms with van der Waals surface area (Å²) in [4.78, 5) is 34.2. The molecule has 1 amide bonds. The number of aromatic nitrogens is 4. The highest BCUT2D eigenvalue weighted by molar-refractivity contribution is 5.75. The fourth-order valence-electron chi connectivity index (χ4n) is 1.91. The smallest absolute Gasteiger partial charge is 0.265 e. The molecule has 0 atom stereocenters.